The van der Waals surface area contributed by atoms with Crippen LogP contribution in [0, 0.1) is 6.92 Å². The summed E-state index contributed by atoms with van der Waals surface area (Å²) in [5.41, 5.74) is 1.45. The van der Waals surface area contributed by atoms with Crippen LogP contribution in [0.4, 0.5) is 5.82 Å². The Hall–Kier alpha value is -2.63. The van der Waals surface area contributed by atoms with E-state index in [9.17, 15) is 4.79 Å². The zero-order valence-corrected chi connectivity index (χ0v) is 12.1. The molecular weight excluding hydrogens is 268 g/mol. The summed E-state index contributed by atoms with van der Waals surface area (Å²) in [6.07, 6.45) is 0. The van der Waals surface area contributed by atoms with Crippen molar-refractivity contribution in [2.45, 2.75) is 6.92 Å². The molecule has 0 aliphatic heterocycles. The van der Waals surface area contributed by atoms with Crippen molar-refractivity contribution in [1.82, 2.24) is 15.5 Å². The molecule has 110 valence electrons. The summed E-state index contributed by atoms with van der Waals surface area (Å²) < 4.78 is 5.61. The van der Waals surface area contributed by atoms with Gasteiger partial charge in [-0.25, -0.2) is 0 Å². The van der Waals surface area contributed by atoms with Gasteiger partial charge in [0.1, 0.15) is 18.2 Å². The number of benzene rings is 1. The molecule has 1 aromatic heterocycles. The van der Waals surface area contributed by atoms with Gasteiger partial charge in [0.05, 0.1) is 6.54 Å². The SMILES string of the molecule is CNC(=O)c1ccc(NCCOc2cccc(C)c2)nn1. The number of aryl methyl sites for hydroxylation is 1. The molecule has 0 unspecified atom stereocenters. The molecule has 1 aromatic carbocycles. The van der Waals surface area contributed by atoms with E-state index >= 15 is 0 Å². The predicted molar refractivity (Wildman–Crippen MR) is 80.6 cm³/mol. The standard InChI is InChI=1S/C15H18N4O2/c1-11-4-3-5-12(10-11)21-9-8-17-14-7-6-13(18-19-14)15(20)16-2/h3-7,10H,8-9H2,1-2H3,(H,16,20)(H,17,19). The average molecular weight is 286 g/mol. The van der Waals surface area contributed by atoms with Crippen molar-refractivity contribution in [3.05, 3.63) is 47.7 Å². The molecule has 1 heterocycles. The second-order valence-electron chi connectivity index (χ2n) is 4.47. The van der Waals surface area contributed by atoms with Crippen molar-refractivity contribution in [1.29, 1.82) is 0 Å². The normalized spacial score (nSPS) is 10.0. The van der Waals surface area contributed by atoms with Gasteiger partial charge in [0.15, 0.2) is 5.69 Å². The van der Waals surface area contributed by atoms with E-state index in [1.165, 1.54) is 0 Å². The van der Waals surface area contributed by atoms with Crippen LogP contribution >= 0.6 is 0 Å². The van der Waals surface area contributed by atoms with Gasteiger partial charge in [0.25, 0.3) is 5.91 Å². The summed E-state index contributed by atoms with van der Waals surface area (Å²) in [7, 11) is 1.55. The second kappa shape index (κ2) is 7.23. The first-order chi connectivity index (χ1) is 10.2. The number of nitrogens with zero attached hydrogens (tertiary/aromatic N) is 2. The average Bonchev–Trinajstić information content (AvgIpc) is 2.51. The Morgan fingerprint density at radius 1 is 1.24 bits per heavy atom. The third-order valence-electron chi connectivity index (χ3n) is 2.79. The Balaban J connectivity index is 1.77. The summed E-state index contributed by atoms with van der Waals surface area (Å²) in [5, 5.41) is 13.3. The fraction of sp³-hybridized carbons (Fsp3) is 0.267. The first kappa shape index (κ1) is 14.8. The number of carbonyl (C=O) groups excluding carboxylic acids is 1. The molecule has 0 radical (unpaired) electrons. The molecule has 0 saturated carbocycles. The zero-order valence-electron chi connectivity index (χ0n) is 12.1. The van der Waals surface area contributed by atoms with Crippen LogP contribution in [0.5, 0.6) is 5.75 Å². The van der Waals surface area contributed by atoms with Crippen molar-refractivity contribution < 1.29 is 9.53 Å². The fourth-order valence-electron chi connectivity index (χ4n) is 1.73. The Morgan fingerprint density at radius 3 is 2.76 bits per heavy atom. The first-order valence-electron chi connectivity index (χ1n) is 6.68. The lowest BCUT2D eigenvalue weighted by atomic mass is 10.2. The fourth-order valence-corrected chi connectivity index (χ4v) is 1.73. The highest BCUT2D eigenvalue weighted by Crippen LogP contribution is 2.12. The highest BCUT2D eigenvalue weighted by Gasteiger charge is 2.05. The number of ether oxygens (including phenoxy) is 1. The summed E-state index contributed by atoms with van der Waals surface area (Å²) in [6, 6.07) is 11.2. The van der Waals surface area contributed by atoms with Crippen molar-refractivity contribution >= 4 is 11.7 Å². The van der Waals surface area contributed by atoms with Crippen LogP contribution in [0.25, 0.3) is 0 Å². The Labute approximate surface area is 123 Å². The van der Waals surface area contributed by atoms with Gasteiger partial charge >= 0.3 is 0 Å². The van der Waals surface area contributed by atoms with Crippen LogP contribution in [-0.2, 0) is 0 Å². The maximum absolute atomic E-state index is 11.3. The topological polar surface area (TPSA) is 76.1 Å². The van der Waals surface area contributed by atoms with E-state index in [-0.39, 0.29) is 5.91 Å². The molecule has 6 nitrogen and oxygen atoms in total. The van der Waals surface area contributed by atoms with E-state index < -0.39 is 0 Å². The van der Waals surface area contributed by atoms with E-state index in [0.29, 0.717) is 24.7 Å². The zero-order chi connectivity index (χ0) is 15.1. The minimum atomic E-state index is -0.253. The van der Waals surface area contributed by atoms with Crippen molar-refractivity contribution in [3.8, 4) is 5.75 Å². The lowest BCUT2D eigenvalue weighted by Crippen LogP contribution is -2.20. The molecule has 0 aliphatic carbocycles. The van der Waals surface area contributed by atoms with Gasteiger partial charge in [-0.15, -0.1) is 10.2 Å². The summed E-state index contributed by atoms with van der Waals surface area (Å²) in [5.74, 6) is 1.20. The molecule has 0 aliphatic rings. The van der Waals surface area contributed by atoms with Crippen molar-refractivity contribution in [2.75, 3.05) is 25.5 Å². The van der Waals surface area contributed by atoms with E-state index in [4.69, 9.17) is 4.74 Å². The van der Waals surface area contributed by atoms with Crippen molar-refractivity contribution in [2.24, 2.45) is 0 Å². The number of nitrogens with one attached hydrogen (secondary N) is 2. The molecule has 0 spiro atoms. The third kappa shape index (κ3) is 4.45. The molecule has 2 N–H and O–H groups in total. The second-order valence-corrected chi connectivity index (χ2v) is 4.47. The smallest absolute Gasteiger partial charge is 0.271 e. The molecule has 6 heteroatoms. The summed E-state index contributed by atoms with van der Waals surface area (Å²) in [6.45, 7) is 3.14. The van der Waals surface area contributed by atoms with E-state index in [2.05, 4.69) is 20.8 Å². The van der Waals surface area contributed by atoms with Crippen LogP contribution in [0.1, 0.15) is 16.1 Å². The lowest BCUT2D eigenvalue weighted by molar-refractivity contribution is 0.0957. The number of aromatic nitrogens is 2. The molecule has 0 atom stereocenters. The third-order valence-corrected chi connectivity index (χ3v) is 2.79. The van der Waals surface area contributed by atoms with E-state index in [0.717, 1.165) is 11.3 Å². The monoisotopic (exact) mass is 286 g/mol. The summed E-state index contributed by atoms with van der Waals surface area (Å²) in [4.78, 5) is 11.3. The Morgan fingerprint density at radius 2 is 2.10 bits per heavy atom. The molecule has 1 amide bonds. The molecule has 21 heavy (non-hydrogen) atoms. The summed E-state index contributed by atoms with van der Waals surface area (Å²) >= 11 is 0. The minimum absolute atomic E-state index is 0.253. The van der Waals surface area contributed by atoms with Gasteiger partial charge < -0.3 is 15.4 Å². The molecule has 0 saturated heterocycles. The van der Waals surface area contributed by atoms with Gasteiger partial charge in [0, 0.05) is 7.05 Å². The highest BCUT2D eigenvalue weighted by atomic mass is 16.5. The van der Waals surface area contributed by atoms with Gasteiger partial charge in [0.2, 0.25) is 0 Å². The number of hydrogen-bond donors (Lipinski definition) is 2. The van der Waals surface area contributed by atoms with Crippen LogP contribution in [0.3, 0.4) is 0 Å². The molecule has 2 aromatic rings. The van der Waals surface area contributed by atoms with E-state index in [1.54, 1.807) is 19.2 Å². The molecule has 0 bridgehead atoms. The van der Waals surface area contributed by atoms with E-state index in [1.807, 2.05) is 31.2 Å². The first-order valence-corrected chi connectivity index (χ1v) is 6.68. The van der Waals surface area contributed by atoms with Gasteiger partial charge in [-0.3, -0.25) is 4.79 Å². The number of carbonyl (C=O) groups is 1. The van der Waals surface area contributed by atoms with Crippen LogP contribution in [0.15, 0.2) is 36.4 Å². The number of hydrogen-bond acceptors (Lipinski definition) is 5. The molecule has 0 fully saturated rings. The van der Waals surface area contributed by atoms with Gasteiger partial charge in [-0.1, -0.05) is 12.1 Å². The number of anilines is 1. The predicted octanol–water partition coefficient (Wildman–Crippen LogP) is 1.64. The number of amides is 1. The van der Waals surface area contributed by atoms with Crippen LogP contribution in [0.2, 0.25) is 0 Å². The van der Waals surface area contributed by atoms with Gasteiger partial charge in [-0.05, 0) is 36.8 Å². The number of rotatable bonds is 6. The maximum Gasteiger partial charge on any atom is 0.271 e. The maximum atomic E-state index is 11.3. The largest absolute Gasteiger partial charge is 0.492 e. The minimum Gasteiger partial charge on any atom is -0.492 e. The molecule has 2 rings (SSSR count). The van der Waals surface area contributed by atoms with Gasteiger partial charge in [-0.2, -0.15) is 0 Å². The Kier molecular flexibility index (Phi) is 5.09. The highest BCUT2D eigenvalue weighted by molar-refractivity contribution is 5.91. The Bertz CT molecular complexity index is 599. The lowest BCUT2D eigenvalue weighted by Gasteiger charge is -2.08. The van der Waals surface area contributed by atoms with Crippen molar-refractivity contribution in [3.63, 3.8) is 0 Å². The molecular formula is C15H18N4O2. The van der Waals surface area contributed by atoms with Crippen LogP contribution < -0.4 is 15.4 Å². The quantitative estimate of drug-likeness (QED) is 0.789. The van der Waals surface area contributed by atoms with Crippen LogP contribution in [-0.4, -0.2) is 36.3 Å².